The van der Waals surface area contributed by atoms with Gasteiger partial charge in [-0.15, -0.1) is 0 Å². The van der Waals surface area contributed by atoms with Crippen molar-refractivity contribution < 1.29 is 0 Å². The molecule has 0 unspecified atom stereocenters. The monoisotopic (exact) mass is 378 g/mol. The predicted molar refractivity (Wildman–Crippen MR) is 86.7 cm³/mol. The molecule has 0 radical (unpaired) electrons. The Balaban J connectivity index is 2.46. The van der Waals surface area contributed by atoms with Gasteiger partial charge in [0.25, 0.3) is 5.56 Å². The first-order chi connectivity index (χ1) is 9.07. The number of aromatic nitrogens is 2. The Morgan fingerprint density at radius 3 is 2.26 bits per heavy atom. The fraction of sp³-hybridized carbons (Fsp3) is 0.714. The van der Waals surface area contributed by atoms with Crippen molar-refractivity contribution in [3.8, 4) is 0 Å². The van der Waals surface area contributed by atoms with Gasteiger partial charge in [0.05, 0.1) is 3.57 Å². The summed E-state index contributed by atoms with van der Waals surface area (Å²) in [5, 5.41) is 0. The average molecular weight is 378 g/mol. The summed E-state index contributed by atoms with van der Waals surface area (Å²) in [6, 6.07) is 0. The minimum absolute atomic E-state index is 0.158. The van der Waals surface area contributed by atoms with Crippen LogP contribution in [0.25, 0.3) is 0 Å². The van der Waals surface area contributed by atoms with Gasteiger partial charge in [-0.2, -0.15) is 0 Å². The third-order valence-electron chi connectivity index (χ3n) is 3.27. The molecule has 0 aliphatic rings. The molecule has 0 amide bonds. The molecule has 0 saturated heterocycles. The summed E-state index contributed by atoms with van der Waals surface area (Å²) in [6.45, 7) is 2.75. The Hall–Kier alpha value is -0.590. The molecule has 0 saturated carbocycles. The lowest BCUT2D eigenvalue weighted by molar-refractivity contribution is 0.516. The molecular formula is C14H23IN2O2. The number of unbranched alkanes of at least 4 members (excludes halogenated alkanes) is 6. The van der Waals surface area contributed by atoms with Gasteiger partial charge in [0.1, 0.15) is 0 Å². The third kappa shape index (κ3) is 5.12. The summed E-state index contributed by atoms with van der Waals surface area (Å²) in [5.74, 6) is 0. The standard InChI is InChI=1S/C14H23IN2O2/c1-3-4-5-6-7-8-9-10-17-13(18)12(15)11-16(2)14(17)19/h11H,3-10H2,1-2H3. The lowest BCUT2D eigenvalue weighted by Gasteiger charge is -2.07. The van der Waals surface area contributed by atoms with Crippen molar-refractivity contribution in [2.45, 2.75) is 58.4 Å². The summed E-state index contributed by atoms with van der Waals surface area (Å²) in [4.78, 5) is 23.8. The van der Waals surface area contributed by atoms with Crippen molar-refractivity contribution in [2.75, 3.05) is 0 Å². The van der Waals surface area contributed by atoms with Crippen LogP contribution in [0, 0.1) is 3.57 Å². The fourth-order valence-corrected chi connectivity index (χ4v) is 2.82. The highest BCUT2D eigenvalue weighted by atomic mass is 127. The van der Waals surface area contributed by atoms with Crippen molar-refractivity contribution in [3.63, 3.8) is 0 Å². The molecular weight excluding hydrogens is 355 g/mol. The molecule has 1 aromatic rings. The second-order valence-electron chi connectivity index (χ2n) is 4.95. The predicted octanol–water partition coefficient (Wildman–Crippen LogP) is 2.90. The minimum Gasteiger partial charge on any atom is -0.302 e. The molecule has 0 aromatic carbocycles. The fourth-order valence-electron chi connectivity index (χ4n) is 2.11. The number of hydrogen-bond donors (Lipinski definition) is 0. The zero-order valence-electron chi connectivity index (χ0n) is 11.8. The maximum atomic E-state index is 11.9. The van der Waals surface area contributed by atoms with E-state index in [9.17, 15) is 9.59 Å². The molecule has 1 aromatic heterocycles. The zero-order valence-corrected chi connectivity index (χ0v) is 14.0. The number of aryl methyl sites for hydroxylation is 1. The van der Waals surface area contributed by atoms with E-state index in [1.807, 2.05) is 22.6 Å². The molecule has 0 N–H and O–H groups in total. The van der Waals surface area contributed by atoms with E-state index in [1.54, 1.807) is 13.2 Å². The Bertz CT molecular complexity index is 471. The van der Waals surface area contributed by atoms with E-state index in [1.165, 1.54) is 41.2 Å². The zero-order chi connectivity index (χ0) is 14.3. The Labute approximate surface area is 128 Å². The summed E-state index contributed by atoms with van der Waals surface area (Å²) >= 11 is 1.98. The summed E-state index contributed by atoms with van der Waals surface area (Å²) in [5.41, 5.74) is -0.369. The first-order valence-corrected chi connectivity index (χ1v) is 8.11. The number of nitrogens with zero attached hydrogens (tertiary/aromatic N) is 2. The molecule has 0 spiro atoms. The molecule has 5 heteroatoms. The second-order valence-corrected chi connectivity index (χ2v) is 6.11. The van der Waals surface area contributed by atoms with E-state index in [-0.39, 0.29) is 11.2 Å². The molecule has 0 aliphatic heterocycles. The van der Waals surface area contributed by atoms with Crippen LogP contribution in [-0.4, -0.2) is 9.13 Å². The number of rotatable bonds is 8. The largest absolute Gasteiger partial charge is 0.330 e. The van der Waals surface area contributed by atoms with E-state index in [0.29, 0.717) is 10.1 Å². The topological polar surface area (TPSA) is 44.0 Å². The van der Waals surface area contributed by atoms with Crippen molar-refractivity contribution in [2.24, 2.45) is 7.05 Å². The normalized spacial score (nSPS) is 10.9. The Morgan fingerprint density at radius 1 is 1.05 bits per heavy atom. The SMILES string of the molecule is CCCCCCCCCn1c(=O)c(I)cn(C)c1=O. The first kappa shape index (κ1) is 16.5. The van der Waals surface area contributed by atoms with Crippen molar-refractivity contribution in [3.05, 3.63) is 30.6 Å². The van der Waals surface area contributed by atoms with E-state index >= 15 is 0 Å². The minimum atomic E-state index is -0.212. The summed E-state index contributed by atoms with van der Waals surface area (Å²) in [6.07, 6.45) is 9.89. The second kappa shape index (κ2) is 8.55. The van der Waals surface area contributed by atoms with Gasteiger partial charge in [-0.05, 0) is 29.0 Å². The molecule has 1 heterocycles. The highest BCUT2D eigenvalue weighted by Gasteiger charge is 2.06. The van der Waals surface area contributed by atoms with Gasteiger partial charge in [0.15, 0.2) is 0 Å². The molecule has 19 heavy (non-hydrogen) atoms. The van der Waals surface area contributed by atoms with Gasteiger partial charge < -0.3 is 4.57 Å². The Morgan fingerprint density at radius 2 is 1.63 bits per heavy atom. The molecule has 1 rings (SSSR count). The van der Waals surface area contributed by atoms with Crippen molar-refractivity contribution >= 4 is 22.6 Å². The van der Waals surface area contributed by atoms with E-state index in [4.69, 9.17) is 0 Å². The van der Waals surface area contributed by atoms with Gasteiger partial charge in [0.2, 0.25) is 0 Å². The molecule has 0 atom stereocenters. The van der Waals surface area contributed by atoms with E-state index in [0.717, 1.165) is 12.8 Å². The third-order valence-corrected chi connectivity index (χ3v) is 4.01. The molecule has 0 bridgehead atoms. The molecule has 4 nitrogen and oxygen atoms in total. The quantitative estimate of drug-likeness (QED) is 0.516. The summed E-state index contributed by atoms with van der Waals surface area (Å²) < 4.78 is 3.43. The van der Waals surface area contributed by atoms with Crippen LogP contribution in [0.1, 0.15) is 51.9 Å². The van der Waals surface area contributed by atoms with Gasteiger partial charge >= 0.3 is 5.69 Å². The molecule has 0 aliphatic carbocycles. The summed E-state index contributed by atoms with van der Waals surface area (Å²) in [7, 11) is 1.69. The van der Waals surface area contributed by atoms with E-state index < -0.39 is 0 Å². The number of hydrogen-bond acceptors (Lipinski definition) is 2. The average Bonchev–Trinajstić information content (AvgIpc) is 2.39. The van der Waals surface area contributed by atoms with Crippen LogP contribution >= 0.6 is 22.6 Å². The maximum Gasteiger partial charge on any atom is 0.330 e. The van der Waals surface area contributed by atoms with Crippen LogP contribution in [0.4, 0.5) is 0 Å². The van der Waals surface area contributed by atoms with Crippen LogP contribution in [0.5, 0.6) is 0 Å². The molecule has 108 valence electrons. The lowest BCUT2D eigenvalue weighted by Crippen LogP contribution is -2.39. The van der Waals surface area contributed by atoms with Gasteiger partial charge in [-0.25, -0.2) is 4.79 Å². The molecule has 0 fully saturated rings. The van der Waals surface area contributed by atoms with Gasteiger partial charge in [0, 0.05) is 19.8 Å². The van der Waals surface area contributed by atoms with Crippen molar-refractivity contribution in [1.29, 1.82) is 0 Å². The first-order valence-electron chi connectivity index (χ1n) is 7.04. The van der Waals surface area contributed by atoms with Crippen LogP contribution in [-0.2, 0) is 13.6 Å². The van der Waals surface area contributed by atoms with Gasteiger partial charge in [-0.3, -0.25) is 9.36 Å². The van der Waals surface area contributed by atoms with E-state index in [2.05, 4.69) is 6.92 Å². The van der Waals surface area contributed by atoms with Crippen LogP contribution in [0.3, 0.4) is 0 Å². The van der Waals surface area contributed by atoms with Crippen LogP contribution in [0.2, 0.25) is 0 Å². The van der Waals surface area contributed by atoms with Crippen LogP contribution < -0.4 is 11.2 Å². The maximum absolute atomic E-state index is 11.9. The number of halogens is 1. The van der Waals surface area contributed by atoms with Gasteiger partial charge in [-0.1, -0.05) is 45.4 Å². The van der Waals surface area contributed by atoms with Crippen LogP contribution in [0.15, 0.2) is 15.8 Å². The Kier molecular flexibility index (Phi) is 7.41. The highest BCUT2D eigenvalue weighted by Crippen LogP contribution is 2.07. The van der Waals surface area contributed by atoms with Crippen molar-refractivity contribution in [1.82, 2.24) is 9.13 Å². The highest BCUT2D eigenvalue weighted by molar-refractivity contribution is 14.1. The lowest BCUT2D eigenvalue weighted by atomic mass is 10.1. The smallest absolute Gasteiger partial charge is 0.302 e.